The van der Waals surface area contributed by atoms with Gasteiger partial charge >= 0.3 is 11.8 Å². The van der Waals surface area contributed by atoms with E-state index in [4.69, 9.17) is 16.0 Å². The molecule has 0 fully saturated rings. The number of nitrogens with zero attached hydrogens (tertiary/aromatic N) is 1. The Kier molecular flexibility index (Phi) is 3.85. The molecule has 7 heteroatoms. The Labute approximate surface area is 133 Å². The van der Waals surface area contributed by atoms with Crippen LogP contribution >= 0.6 is 11.6 Å². The fourth-order valence-electron chi connectivity index (χ4n) is 2.21. The van der Waals surface area contributed by atoms with E-state index in [1.165, 1.54) is 6.07 Å². The summed E-state index contributed by atoms with van der Waals surface area (Å²) in [6, 6.07) is 11.8. The van der Waals surface area contributed by atoms with Gasteiger partial charge in [-0.05, 0) is 17.7 Å². The SMILES string of the molecule is O=c1oc(C(Cl)c2ccccc2)nc2c(C(F)(F)F)cccc12. The van der Waals surface area contributed by atoms with E-state index in [9.17, 15) is 18.0 Å². The van der Waals surface area contributed by atoms with Crippen LogP contribution in [0.4, 0.5) is 13.2 Å². The second kappa shape index (κ2) is 5.70. The summed E-state index contributed by atoms with van der Waals surface area (Å²) in [4.78, 5) is 15.8. The molecule has 0 amide bonds. The quantitative estimate of drug-likeness (QED) is 0.644. The molecule has 0 aliphatic rings. The molecule has 118 valence electrons. The third-order valence-electron chi connectivity index (χ3n) is 3.29. The first-order valence-corrected chi connectivity index (χ1v) is 7.01. The molecule has 0 bridgehead atoms. The molecule has 1 atom stereocenters. The molecule has 0 aliphatic carbocycles. The second-order valence-corrected chi connectivity index (χ2v) is 5.25. The van der Waals surface area contributed by atoms with Crippen LogP contribution in [0.3, 0.4) is 0 Å². The molecule has 3 nitrogen and oxygen atoms in total. The normalized spacial score (nSPS) is 13.2. The third kappa shape index (κ3) is 2.94. The molecule has 0 N–H and O–H groups in total. The van der Waals surface area contributed by atoms with Gasteiger partial charge in [0.05, 0.1) is 16.5 Å². The standard InChI is InChI=1S/C16H9ClF3NO2/c17-12(9-5-2-1-3-6-9)14-21-13-10(15(22)23-14)7-4-8-11(13)16(18,19)20/h1-8,12H. The first kappa shape index (κ1) is 15.6. The molecule has 1 heterocycles. The lowest BCUT2D eigenvalue weighted by atomic mass is 10.1. The van der Waals surface area contributed by atoms with E-state index in [0.717, 1.165) is 12.1 Å². The van der Waals surface area contributed by atoms with Crippen molar-refractivity contribution in [3.63, 3.8) is 0 Å². The van der Waals surface area contributed by atoms with Crippen LogP contribution in [0.2, 0.25) is 0 Å². The van der Waals surface area contributed by atoms with E-state index in [2.05, 4.69) is 4.98 Å². The van der Waals surface area contributed by atoms with Gasteiger partial charge in [-0.3, -0.25) is 0 Å². The zero-order valence-electron chi connectivity index (χ0n) is 11.5. The number of hydrogen-bond donors (Lipinski definition) is 0. The highest BCUT2D eigenvalue weighted by Crippen LogP contribution is 2.34. The largest absolute Gasteiger partial charge is 0.418 e. The average molecular weight is 340 g/mol. The highest BCUT2D eigenvalue weighted by molar-refractivity contribution is 6.22. The topological polar surface area (TPSA) is 43.1 Å². The highest BCUT2D eigenvalue weighted by Gasteiger charge is 2.34. The van der Waals surface area contributed by atoms with Crippen LogP contribution in [0.5, 0.6) is 0 Å². The summed E-state index contributed by atoms with van der Waals surface area (Å²) in [7, 11) is 0. The van der Waals surface area contributed by atoms with Crippen molar-refractivity contribution in [2.24, 2.45) is 0 Å². The lowest BCUT2D eigenvalue weighted by molar-refractivity contribution is -0.136. The number of alkyl halides is 4. The Bertz CT molecular complexity index is 907. The van der Waals surface area contributed by atoms with Crippen molar-refractivity contribution in [1.29, 1.82) is 0 Å². The molecule has 0 aliphatic heterocycles. The monoisotopic (exact) mass is 339 g/mol. The predicted octanol–water partition coefficient (Wildman–Crippen LogP) is 4.54. The summed E-state index contributed by atoms with van der Waals surface area (Å²) < 4.78 is 44.3. The number of halogens is 4. The molecule has 0 spiro atoms. The summed E-state index contributed by atoms with van der Waals surface area (Å²) in [5, 5.41) is -1.20. The first-order valence-electron chi connectivity index (χ1n) is 6.58. The van der Waals surface area contributed by atoms with Crippen molar-refractivity contribution in [3.8, 4) is 0 Å². The van der Waals surface area contributed by atoms with Gasteiger partial charge in [0, 0.05) is 0 Å². The van der Waals surface area contributed by atoms with Crippen LogP contribution in [-0.2, 0) is 6.18 Å². The minimum absolute atomic E-state index is 0.236. The lowest BCUT2D eigenvalue weighted by Gasteiger charge is -2.12. The minimum atomic E-state index is -4.63. The van der Waals surface area contributed by atoms with Gasteiger partial charge in [-0.15, -0.1) is 11.6 Å². The number of benzene rings is 2. The Balaban J connectivity index is 2.23. The van der Waals surface area contributed by atoms with Crippen molar-refractivity contribution in [2.75, 3.05) is 0 Å². The van der Waals surface area contributed by atoms with Crippen molar-refractivity contribution in [3.05, 3.63) is 76.0 Å². The van der Waals surface area contributed by atoms with Crippen LogP contribution in [-0.4, -0.2) is 4.98 Å². The van der Waals surface area contributed by atoms with Crippen LogP contribution < -0.4 is 5.63 Å². The fourth-order valence-corrected chi connectivity index (χ4v) is 2.45. The maximum atomic E-state index is 13.1. The highest BCUT2D eigenvalue weighted by atomic mass is 35.5. The first-order chi connectivity index (χ1) is 10.9. The Morgan fingerprint density at radius 3 is 2.39 bits per heavy atom. The molecule has 3 aromatic rings. The number of hydrogen-bond acceptors (Lipinski definition) is 3. The molecule has 23 heavy (non-hydrogen) atoms. The molecule has 3 rings (SSSR count). The van der Waals surface area contributed by atoms with E-state index in [1.54, 1.807) is 30.3 Å². The fraction of sp³-hybridized carbons (Fsp3) is 0.125. The van der Waals surface area contributed by atoms with E-state index >= 15 is 0 Å². The molecule has 2 aromatic carbocycles. The molecule has 1 unspecified atom stereocenters. The second-order valence-electron chi connectivity index (χ2n) is 4.81. The smallest absolute Gasteiger partial charge is 0.406 e. The van der Waals surface area contributed by atoms with Gasteiger partial charge in [-0.1, -0.05) is 36.4 Å². The number of para-hydroxylation sites is 1. The van der Waals surface area contributed by atoms with Gasteiger partial charge in [0.2, 0.25) is 5.89 Å². The Morgan fingerprint density at radius 2 is 1.74 bits per heavy atom. The maximum absolute atomic E-state index is 13.1. The van der Waals surface area contributed by atoms with Crippen molar-refractivity contribution < 1.29 is 17.6 Å². The van der Waals surface area contributed by atoms with Gasteiger partial charge in [0.25, 0.3) is 0 Å². The van der Waals surface area contributed by atoms with Crippen molar-refractivity contribution in [1.82, 2.24) is 4.98 Å². The Morgan fingerprint density at radius 1 is 1.04 bits per heavy atom. The number of fused-ring (bicyclic) bond motifs is 1. The van der Waals surface area contributed by atoms with Crippen molar-refractivity contribution in [2.45, 2.75) is 11.6 Å². The zero-order chi connectivity index (χ0) is 16.6. The van der Waals surface area contributed by atoms with E-state index in [1.807, 2.05) is 0 Å². The van der Waals surface area contributed by atoms with E-state index < -0.39 is 28.3 Å². The van der Waals surface area contributed by atoms with E-state index in [0.29, 0.717) is 5.56 Å². The van der Waals surface area contributed by atoms with Gasteiger partial charge in [0.15, 0.2) is 0 Å². The summed E-state index contributed by atoms with van der Waals surface area (Å²) in [5.41, 5.74) is -1.81. The van der Waals surface area contributed by atoms with E-state index in [-0.39, 0.29) is 11.3 Å². The van der Waals surface area contributed by atoms with Gasteiger partial charge in [-0.2, -0.15) is 13.2 Å². The molecule has 0 radical (unpaired) electrons. The van der Waals surface area contributed by atoms with Gasteiger partial charge in [-0.25, -0.2) is 9.78 Å². The van der Waals surface area contributed by atoms with Crippen LogP contribution in [0, 0.1) is 0 Å². The molecular weight excluding hydrogens is 331 g/mol. The average Bonchev–Trinajstić information content (AvgIpc) is 2.53. The molecule has 0 saturated carbocycles. The summed E-state index contributed by atoms with van der Waals surface area (Å²) in [6.45, 7) is 0. The summed E-state index contributed by atoms with van der Waals surface area (Å²) in [6.07, 6.45) is -4.63. The summed E-state index contributed by atoms with van der Waals surface area (Å²) >= 11 is 6.19. The molecule has 0 saturated heterocycles. The van der Waals surface area contributed by atoms with Gasteiger partial charge < -0.3 is 4.42 Å². The van der Waals surface area contributed by atoms with Crippen LogP contribution in [0.15, 0.2) is 57.7 Å². The lowest BCUT2D eigenvalue weighted by Crippen LogP contribution is -2.12. The van der Waals surface area contributed by atoms with Gasteiger partial charge in [0.1, 0.15) is 5.38 Å². The van der Waals surface area contributed by atoms with Crippen molar-refractivity contribution >= 4 is 22.5 Å². The zero-order valence-corrected chi connectivity index (χ0v) is 12.2. The maximum Gasteiger partial charge on any atom is 0.418 e. The predicted molar refractivity (Wildman–Crippen MR) is 79.4 cm³/mol. The Hall–Kier alpha value is -2.34. The molecule has 1 aromatic heterocycles. The number of aromatic nitrogens is 1. The van der Waals surface area contributed by atoms with Crippen LogP contribution in [0.1, 0.15) is 22.4 Å². The third-order valence-corrected chi connectivity index (χ3v) is 3.73. The molecular formula is C16H9ClF3NO2. The number of rotatable bonds is 2. The minimum Gasteiger partial charge on any atom is -0.406 e. The van der Waals surface area contributed by atoms with Crippen LogP contribution in [0.25, 0.3) is 10.9 Å². The summed E-state index contributed by atoms with van der Waals surface area (Å²) in [5.74, 6) is -0.271.